The molecule has 3 nitrogen and oxygen atoms in total. The zero-order chi connectivity index (χ0) is 17.8. The van der Waals surface area contributed by atoms with Gasteiger partial charge in [0.15, 0.2) is 5.78 Å². The fourth-order valence-corrected chi connectivity index (χ4v) is 3.05. The number of ketones is 1. The maximum atomic E-state index is 13.1. The number of rotatable bonds is 4. The van der Waals surface area contributed by atoms with E-state index in [4.69, 9.17) is 0 Å². The molecular formula is C21H22FNO2. The second-order valence-electron chi connectivity index (χ2n) is 6.46. The largest absolute Gasteiger partial charge is 0.393 e. The van der Waals surface area contributed by atoms with Crippen molar-refractivity contribution < 1.29 is 14.3 Å². The van der Waals surface area contributed by atoms with Crippen LogP contribution in [0.2, 0.25) is 0 Å². The number of aliphatic hydroxyl groups excluding tert-OH is 1. The quantitative estimate of drug-likeness (QED) is 0.676. The van der Waals surface area contributed by atoms with Gasteiger partial charge >= 0.3 is 0 Å². The molecule has 0 spiro atoms. The summed E-state index contributed by atoms with van der Waals surface area (Å²) < 4.78 is 13.1. The molecule has 130 valence electrons. The average Bonchev–Trinajstić information content (AvgIpc) is 2.61. The standard InChI is InChI=1S/C21H22FNO2/c1-15-14-18(22)6-2-16(15)5-9-21(25)17-3-7-19(8-4-17)23-12-10-20(24)11-13-23/h2-9,14,20,24H,10-13H2,1H3. The first kappa shape index (κ1) is 17.4. The van der Waals surface area contributed by atoms with Crippen LogP contribution < -0.4 is 4.90 Å². The SMILES string of the molecule is Cc1cc(F)ccc1C=CC(=O)c1ccc(N2CCC(O)CC2)cc1. The highest BCUT2D eigenvalue weighted by molar-refractivity contribution is 6.07. The minimum Gasteiger partial charge on any atom is -0.393 e. The highest BCUT2D eigenvalue weighted by Crippen LogP contribution is 2.21. The lowest BCUT2D eigenvalue weighted by molar-refractivity contribution is 0.104. The van der Waals surface area contributed by atoms with Gasteiger partial charge in [-0.25, -0.2) is 4.39 Å². The van der Waals surface area contributed by atoms with Crippen LogP contribution in [0.15, 0.2) is 48.5 Å². The number of carbonyl (C=O) groups excluding carboxylic acids is 1. The molecule has 0 aromatic heterocycles. The fraction of sp³-hybridized carbons (Fsp3) is 0.286. The third-order valence-electron chi connectivity index (χ3n) is 4.63. The van der Waals surface area contributed by atoms with E-state index in [1.807, 2.05) is 31.2 Å². The summed E-state index contributed by atoms with van der Waals surface area (Å²) in [6.45, 7) is 3.48. The van der Waals surface area contributed by atoms with Crippen LogP contribution in [0.25, 0.3) is 6.08 Å². The van der Waals surface area contributed by atoms with E-state index in [0.29, 0.717) is 5.56 Å². The van der Waals surface area contributed by atoms with E-state index in [9.17, 15) is 14.3 Å². The number of piperidine rings is 1. The predicted molar refractivity (Wildman–Crippen MR) is 98.4 cm³/mol. The molecule has 2 aromatic carbocycles. The number of halogens is 1. The number of nitrogens with zero attached hydrogens (tertiary/aromatic N) is 1. The van der Waals surface area contributed by atoms with Crippen LogP contribution in [0, 0.1) is 12.7 Å². The summed E-state index contributed by atoms with van der Waals surface area (Å²) in [5.41, 5.74) is 3.32. The van der Waals surface area contributed by atoms with Gasteiger partial charge in [0, 0.05) is 24.3 Å². The normalized spacial score (nSPS) is 15.7. The molecule has 1 aliphatic heterocycles. The van der Waals surface area contributed by atoms with Gasteiger partial charge in [-0.3, -0.25) is 4.79 Å². The lowest BCUT2D eigenvalue weighted by atomic mass is 10.0. The van der Waals surface area contributed by atoms with Gasteiger partial charge in [0.2, 0.25) is 0 Å². The number of allylic oxidation sites excluding steroid dienone is 1. The molecule has 0 saturated carbocycles. The molecule has 25 heavy (non-hydrogen) atoms. The Labute approximate surface area is 147 Å². The van der Waals surface area contributed by atoms with Crippen molar-refractivity contribution in [2.24, 2.45) is 0 Å². The molecular weight excluding hydrogens is 317 g/mol. The second-order valence-corrected chi connectivity index (χ2v) is 6.46. The number of benzene rings is 2. The van der Waals surface area contributed by atoms with E-state index in [-0.39, 0.29) is 17.7 Å². The molecule has 3 rings (SSSR count). The van der Waals surface area contributed by atoms with Crippen molar-refractivity contribution in [2.75, 3.05) is 18.0 Å². The Morgan fingerprint density at radius 2 is 1.84 bits per heavy atom. The number of hydrogen-bond acceptors (Lipinski definition) is 3. The van der Waals surface area contributed by atoms with Gasteiger partial charge in [-0.15, -0.1) is 0 Å². The number of aliphatic hydroxyl groups is 1. The van der Waals surface area contributed by atoms with E-state index in [2.05, 4.69) is 4.90 Å². The summed E-state index contributed by atoms with van der Waals surface area (Å²) in [5, 5.41) is 9.58. The van der Waals surface area contributed by atoms with Crippen LogP contribution in [0.5, 0.6) is 0 Å². The van der Waals surface area contributed by atoms with Gasteiger partial charge in [0.25, 0.3) is 0 Å². The fourth-order valence-electron chi connectivity index (χ4n) is 3.05. The highest BCUT2D eigenvalue weighted by Gasteiger charge is 2.17. The predicted octanol–water partition coefficient (Wildman–Crippen LogP) is 3.99. The minimum atomic E-state index is -0.276. The molecule has 1 N–H and O–H groups in total. The molecule has 1 heterocycles. The molecule has 0 radical (unpaired) electrons. The molecule has 1 fully saturated rings. The smallest absolute Gasteiger partial charge is 0.185 e. The lowest BCUT2D eigenvalue weighted by Gasteiger charge is -2.31. The van der Waals surface area contributed by atoms with Crippen molar-refractivity contribution in [1.29, 1.82) is 0 Å². The molecule has 1 saturated heterocycles. The van der Waals surface area contributed by atoms with Crippen molar-refractivity contribution in [2.45, 2.75) is 25.9 Å². The summed E-state index contributed by atoms with van der Waals surface area (Å²) in [6, 6.07) is 12.1. The summed E-state index contributed by atoms with van der Waals surface area (Å²) in [4.78, 5) is 14.5. The van der Waals surface area contributed by atoms with Crippen molar-refractivity contribution in [3.63, 3.8) is 0 Å². The number of hydrogen-bond donors (Lipinski definition) is 1. The molecule has 0 unspecified atom stereocenters. The Morgan fingerprint density at radius 3 is 2.48 bits per heavy atom. The van der Waals surface area contributed by atoms with E-state index in [1.54, 1.807) is 12.1 Å². The first-order chi connectivity index (χ1) is 12.0. The van der Waals surface area contributed by atoms with Crippen LogP contribution in [0.4, 0.5) is 10.1 Å². The van der Waals surface area contributed by atoms with E-state index < -0.39 is 0 Å². The lowest BCUT2D eigenvalue weighted by Crippen LogP contribution is -2.35. The zero-order valence-electron chi connectivity index (χ0n) is 14.3. The molecule has 2 aromatic rings. The Bertz CT molecular complexity index is 775. The third-order valence-corrected chi connectivity index (χ3v) is 4.63. The third kappa shape index (κ3) is 4.34. The summed E-state index contributed by atoms with van der Waals surface area (Å²) in [6.07, 6.45) is 4.60. The van der Waals surface area contributed by atoms with Crippen molar-refractivity contribution in [3.8, 4) is 0 Å². The van der Waals surface area contributed by atoms with Gasteiger partial charge in [0.1, 0.15) is 5.82 Å². The molecule has 0 amide bonds. The first-order valence-electron chi connectivity index (χ1n) is 8.54. The maximum Gasteiger partial charge on any atom is 0.185 e. The Morgan fingerprint density at radius 1 is 1.16 bits per heavy atom. The van der Waals surface area contributed by atoms with Gasteiger partial charge in [0.05, 0.1) is 6.10 Å². The number of anilines is 1. The highest BCUT2D eigenvalue weighted by atomic mass is 19.1. The van der Waals surface area contributed by atoms with Crippen molar-refractivity contribution in [3.05, 3.63) is 71.0 Å². The molecule has 0 aliphatic carbocycles. The summed E-state index contributed by atoms with van der Waals surface area (Å²) in [5.74, 6) is -0.355. The Kier molecular flexibility index (Phi) is 5.29. The van der Waals surface area contributed by atoms with Gasteiger partial charge in [-0.1, -0.05) is 12.1 Å². The van der Waals surface area contributed by atoms with Gasteiger partial charge in [-0.05, 0) is 73.4 Å². The van der Waals surface area contributed by atoms with Gasteiger partial charge < -0.3 is 10.0 Å². The average molecular weight is 339 g/mol. The Balaban J connectivity index is 1.67. The number of aryl methyl sites for hydroxylation is 1. The van der Waals surface area contributed by atoms with Crippen LogP contribution in [0.3, 0.4) is 0 Å². The van der Waals surface area contributed by atoms with Crippen molar-refractivity contribution in [1.82, 2.24) is 0 Å². The Hall–Kier alpha value is -2.46. The van der Waals surface area contributed by atoms with Crippen LogP contribution in [-0.2, 0) is 0 Å². The van der Waals surface area contributed by atoms with E-state index in [0.717, 1.165) is 42.7 Å². The second kappa shape index (κ2) is 7.62. The van der Waals surface area contributed by atoms with Crippen molar-refractivity contribution >= 4 is 17.5 Å². The molecule has 1 aliphatic rings. The van der Waals surface area contributed by atoms with Crippen LogP contribution in [0.1, 0.15) is 34.3 Å². The topological polar surface area (TPSA) is 40.5 Å². The maximum absolute atomic E-state index is 13.1. The molecule has 4 heteroatoms. The molecule has 0 bridgehead atoms. The minimum absolute atomic E-state index is 0.0793. The number of carbonyl (C=O) groups is 1. The summed E-state index contributed by atoms with van der Waals surface area (Å²) >= 11 is 0. The van der Waals surface area contributed by atoms with Crippen LogP contribution in [-0.4, -0.2) is 30.1 Å². The van der Waals surface area contributed by atoms with E-state index >= 15 is 0 Å². The molecule has 0 atom stereocenters. The first-order valence-corrected chi connectivity index (χ1v) is 8.54. The monoisotopic (exact) mass is 339 g/mol. The van der Waals surface area contributed by atoms with E-state index in [1.165, 1.54) is 18.2 Å². The van der Waals surface area contributed by atoms with Gasteiger partial charge in [-0.2, -0.15) is 0 Å². The zero-order valence-corrected chi connectivity index (χ0v) is 14.3. The van der Waals surface area contributed by atoms with Crippen LogP contribution >= 0.6 is 0 Å². The summed E-state index contributed by atoms with van der Waals surface area (Å²) in [7, 11) is 0.